The zero-order valence-corrected chi connectivity index (χ0v) is 7.99. The van der Waals surface area contributed by atoms with Gasteiger partial charge in [-0.15, -0.1) is 12.4 Å². The number of hydrogen-bond acceptors (Lipinski definition) is 2. The van der Waals surface area contributed by atoms with Gasteiger partial charge in [0.2, 0.25) is 0 Å². The van der Waals surface area contributed by atoms with E-state index in [1.165, 1.54) is 0 Å². The zero-order valence-electron chi connectivity index (χ0n) is 7.17. The lowest BCUT2D eigenvalue weighted by molar-refractivity contribution is -0.131. The predicted octanol–water partition coefficient (Wildman–Crippen LogP) is 1.03. The quantitative estimate of drug-likeness (QED) is 0.745. The van der Waals surface area contributed by atoms with E-state index >= 15 is 0 Å². The lowest BCUT2D eigenvalue weighted by Crippen LogP contribution is -1.95. The Labute approximate surface area is 82.3 Å². The molecule has 1 rings (SSSR count). The molecule has 0 spiro atoms. The minimum Gasteiger partial charge on any atom is -0.478 e. The first-order valence-corrected chi connectivity index (χ1v) is 3.56. The Morgan fingerprint density at radius 1 is 1.77 bits per heavy atom. The Morgan fingerprint density at radius 3 is 2.92 bits per heavy atom. The maximum absolute atomic E-state index is 10.1. The topological polar surface area (TPSA) is 55.1 Å². The fraction of sp³-hybridized carbons (Fsp3) is 0.250. The number of hydrogen-bond donors (Lipinski definition) is 1. The summed E-state index contributed by atoms with van der Waals surface area (Å²) in [5.41, 5.74) is 0. The van der Waals surface area contributed by atoms with E-state index in [1.54, 1.807) is 12.3 Å². The van der Waals surface area contributed by atoms with Gasteiger partial charge in [0.05, 0.1) is 0 Å². The highest BCUT2D eigenvalue weighted by Gasteiger charge is 1.94. The second kappa shape index (κ2) is 5.37. The Morgan fingerprint density at radius 2 is 2.46 bits per heavy atom. The molecule has 1 aromatic heterocycles. The fourth-order valence-corrected chi connectivity index (χ4v) is 0.858. The molecule has 0 aliphatic carbocycles. The Bertz CT molecular complexity index is 307. The number of nitrogens with zero attached hydrogens (tertiary/aromatic N) is 2. The van der Waals surface area contributed by atoms with Crippen molar-refractivity contribution in [3.05, 3.63) is 30.4 Å². The first-order valence-electron chi connectivity index (χ1n) is 3.56. The van der Waals surface area contributed by atoms with Crippen LogP contribution in [0.1, 0.15) is 5.82 Å². The highest BCUT2D eigenvalue weighted by Crippen LogP contribution is 1.95. The van der Waals surface area contributed by atoms with Gasteiger partial charge in [-0.05, 0) is 0 Å². The minimum absolute atomic E-state index is 0. The van der Waals surface area contributed by atoms with Crippen LogP contribution in [-0.2, 0) is 18.3 Å². The van der Waals surface area contributed by atoms with Crippen molar-refractivity contribution in [2.75, 3.05) is 0 Å². The highest BCUT2D eigenvalue weighted by molar-refractivity contribution is 5.85. The molecule has 0 aliphatic rings. The van der Waals surface area contributed by atoms with Crippen molar-refractivity contribution < 1.29 is 9.90 Å². The van der Waals surface area contributed by atoms with E-state index in [0.29, 0.717) is 6.42 Å². The number of carboxylic acid groups (broad SMARTS) is 1. The van der Waals surface area contributed by atoms with Crippen LogP contribution in [0.25, 0.3) is 0 Å². The van der Waals surface area contributed by atoms with Crippen molar-refractivity contribution in [3.8, 4) is 0 Å². The lowest BCUT2D eigenvalue weighted by Gasteiger charge is -1.94. The third-order valence-electron chi connectivity index (χ3n) is 1.48. The summed E-state index contributed by atoms with van der Waals surface area (Å²) in [4.78, 5) is 14.1. The van der Waals surface area contributed by atoms with Gasteiger partial charge in [-0.1, -0.05) is 6.08 Å². The summed E-state index contributed by atoms with van der Waals surface area (Å²) in [7, 11) is 1.87. The van der Waals surface area contributed by atoms with Crippen LogP contribution in [0.15, 0.2) is 24.5 Å². The number of aryl methyl sites for hydroxylation is 1. The zero-order chi connectivity index (χ0) is 8.97. The monoisotopic (exact) mass is 202 g/mol. The maximum Gasteiger partial charge on any atom is 0.327 e. The van der Waals surface area contributed by atoms with Crippen molar-refractivity contribution in [3.63, 3.8) is 0 Å². The molecule has 5 heteroatoms. The second-order valence-corrected chi connectivity index (χ2v) is 2.40. The van der Waals surface area contributed by atoms with Gasteiger partial charge in [-0.25, -0.2) is 9.78 Å². The minimum atomic E-state index is -0.927. The predicted molar refractivity (Wildman–Crippen MR) is 50.9 cm³/mol. The van der Waals surface area contributed by atoms with Crippen LogP contribution >= 0.6 is 12.4 Å². The number of imidazole rings is 1. The van der Waals surface area contributed by atoms with Crippen molar-refractivity contribution >= 4 is 18.4 Å². The standard InChI is InChI=1S/C8H10N2O2.ClH/c1-10-6-5-9-7(10)3-2-4-8(11)12;/h2,4-6H,3H2,1H3,(H,11,12);1H. The SMILES string of the molecule is Cl.Cn1ccnc1CC=CC(=O)O. The third-order valence-corrected chi connectivity index (χ3v) is 1.48. The molecular formula is C8H11ClN2O2. The fourth-order valence-electron chi connectivity index (χ4n) is 0.858. The van der Waals surface area contributed by atoms with Gasteiger partial charge in [0.25, 0.3) is 0 Å². The molecule has 4 nitrogen and oxygen atoms in total. The molecule has 0 bridgehead atoms. The molecule has 13 heavy (non-hydrogen) atoms. The normalized spacial score (nSPS) is 9.92. The molecule has 0 aliphatic heterocycles. The van der Waals surface area contributed by atoms with Crippen LogP contribution in [0.3, 0.4) is 0 Å². The Hall–Kier alpha value is -1.29. The lowest BCUT2D eigenvalue weighted by atomic mass is 10.3. The van der Waals surface area contributed by atoms with Crippen LogP contribution in [0.5, 0.6) is 0 Å². The molecule has 0 radical (unpaired) electrons. The third kappa shape index (κ3) is 3.75. The molecule has 72 valence electrons. The van der Waals surface area contributed by atoms with E-state index in [-0.39, 0.29) is 12.4 Å². The average molecular weight is 203 g/mol. The van der Waals surface area contributed by atoms with Crippen molar-refractivity contribution in [2.45, 2.75) is 6.42 Å². The smallest absolute Gasteiger partial charge is 0.327 e. The van der Waals surface area contributed by atoms with E-state index in [2.05, 4.69) is 4.98 Å². The summed E-state index contributed by atoms with van der Waals surface area (Å²) in [5, 5.41) is 8.30. The van der Waals surface area contributed by atoms with E-state index in [0.717, 1.165) is 11.9 Å². The van der Waals surface area contributed by atoms with Gasteiger partial charge in [-0.3, -0.25) is 0 Å². The molecule has 0 saturated heterocycles. The van der Waals surface area contributed by atoms with Crippen LogP contribution in [-0.4, -0.2) is 20.6 Å². The van der Waals surface area contributed by atoms with E-state index in [4.69, 9.17) is 5.11 Å². The molecule has 0 amide bonds. The summed E-state index contributed by atoms with van der Waals surface area (Å²) in [6, 6.07) is 0. The molecule has 0 atom stereocenters. The Balaban J connectivity index is 0.00000144. The number of aromatic nitrogens is 2. The number of aliphatic carboxylic acids is 1. The molecule has 1 N–H and O–H groups in total. The summed E-state index contributed by atoms with van der Waals surface area (Å²) in [6.07, 6.45) is 6.75. The number of rotatable bonds is 3. The first kappa shape index (κ1) is 11.7. The maximum atomic E-state index is 10.1. The van der Waals surface area contributed by atoms with Crippen molar-refractivity contribution in [2.24, 2.45) is 7.05 Å². The van der Waals surface area contributed by atoms with Crippen molar-refractivity contribution in [1.82, 2.24) is 9.55 Å². The van der Waals surface area contributed by atoms with Gasteiger partial charge in [0.15, 0.2) is 0 Å². The van der Waals surface area contributed by atoms with Gasteiger partial charge in [-0.2, -0.15) is 0 Å². The number of carbonyl (C=O) groups is 1. The van der Waals surface area contributed by atoms with E-state index in [9.17, 15) is 4.79 Å². The average Bonchev–Trinajstić information content (AvgIpc) is 2.36. The summed E-state index contributed by atoms with van der Waals surface area (Å²) in [6.45, 7) is 0. The summed E-state index contributed by atoms with van der Waals surface area (Å²) < 4.78 is 1.85. The molecule has 1 heterocycles. The summed E-state index contributed by atoms with van der Waals surface area (Å²) >= 11 is 0. The van der Waals surface area contributed by atoms with Gasteiger partial charge < -0.3 is 9.67 Å². The summed E-state index contributed by atoms with van der Waals surface area (Å²) in [5.74, 6) is -0.0725. The van der Waals surface area contributed by atoms with Gasteiger partial charge in [0, 0.05) is 31.9 Å². The van der Waals surface area contributed by atoms with Gasteiger partial charge >= 0.3 is 5.97 Å². The number of allylic oxidation sites excluding steroid dienone is 1. The molecule has 0 aromatic carbocycles. The Kier molecular flexibility index (Phi) is 4.84. The largest absolute Gasteiger partial charge is 0.478 e. The highest BCUT2D eigenvalue weighted by atomic mass is 35.5. The second-order valence-electron chi connectivity index (χ2n) is 2.40. The van der Waals surface area contributed by atoms with Crippen molar-refractivity contribution in [1.29, 1.82) is 0 Å². The van der Waals surface area contributed by atoms with Crippen LogP contribution < -0.4 is 0 Å². The van der Waals surface area contributed by atoms with E-state index < -0.39 is 5.97 Å². The van der Waals surface area contributed by atoms with Crippen LogP contribution in [0.2, 0.25) is 0 Å². The molecule has 0 unspecified atom stereocenters. The molecule has 0 saturated carbocycles. The van der Waals surface area contributed by atoms with Crippen LogP contribution in [0.4, 0.5) is 0 Å². The number of carboxylic acids is 1. The first-order chi connectivity index (χ1) is 5.70. The molecular weight excluding hydrogens is 192 g/mol. The molecule has 1 aromatic rings. The van der Waals surface area contributed by atoms with Crippen LogP contribution in [0, 0.1) is 0 Å². The van der Waals surface area contributed by atoms with E-state index in [1.807, 2.05) is 17.8 Å². The molecule has 0 fully saturated rings. The number of halogens is 1. The van der Waals surface area contributed by atoms with Gasteiger partial charge in [0.1, 0.15) is 5.82 Å².